The van der Waals surface area contributed by atoms with Crippen LogP contribution in [0.25, 0.3) is 0 Å². The first kappa shape index (κ1) is 12.3. The molecule has 2 aliphatic rings. The second-order valence-corrected chi connectivity index (χ2v) is 7.31. The first-order valence-electron chi connectivity index (χ1n) is 6.19. The topological polar surface area (TPSA) is 57.6 Å². The van der Waals surface area contributed by atoms with Gasteiger partial charge >= 0.3 is 0 Å². The van der Waals surface area contributed by atoms with Gasteiger partial charge < -0.3 is 5.11 Å². The molecule has 2 rings (SSSR count). The second kappa shape index (κ2) is 5.02. The summed E-state index contributed by atoms with van der Waals surface area (Å²) < 4.78 is 23.0. The molecule has 4 nitrogen and oxygen atoms in total. The minimum absolute atomic E-state index is 0.132. The van der Waals surface area contributed by atoms with Gasteiger partial charge in [-0.05, 0) is 38.6 Å². The van der Waals surface area contributed by atoms with Crippen LogP contribution in [0.3, 0.4) is 0 Å². The number of hydrogen-bond donors (Lipinski definition) is 1. The monoisotopic (exact) mass is 247 g/mol. The fraction of sp³-hybridized carbons (Fsp3) is 1.00. The molecule has 0 radical (unpaired) electrons. The van der Waals surface area contributed by atoms with Crippen molar-refractivity contribution in [2.75, 3.05) is 24.6 Å². The van der Waals surface area contributed by atoms with Crippen LogP contribution in [-0.2, 0) is 9.84 Å². The lowest BCUT2D eigenvalue weighted by Crippen LogP contribution is -2.40. The van der Waals surface area contributed by atoms with Crippen molar-refractivity contribution in [1.29, 1.82) is 0 Å². The summed E-state index contributed by atoms with van der Waals surface area (Å²) in [6.07, 6.45) is 4.40. The Morgan fingerprint density at radius 1 is 1.00 bits per heavy atom. The molecule has 0 aromatic heterocycles. The average molecular weight is 247 g/mol. The van der Waals surface area contributed by atoms with Gasteiger partial charge in [-0.25, -0.2) is 8.42 Å². The smallest absolute Gasteiger partial charge is 0.151 e. The lowest BCUT2D eigenvalue weighted by molar-refractivity contribution is 0.0770. The summed E-state index contributed by atoms with van der Waals surface area (Å²) in [5, 5.41) is 9.45. The molecule has 0 unspecified atom stereocenters. The average Bonchev–Trinajstić information content (AvgIpc) is 2.41. The van der Waals surface area contributed by atoms with Crippen LogP contribution in [-0.4, -0.2) is 55.2 Å². The molecule has 94 valence electrons. The van der Waals surface area contributed by atoms with Gasteiger partial charge in [0.2, 0.25) is 0 Å². The molecular formula is C11H21NO3S. The van der Waals surface area contributed by atoms with Crippen molar-refractivity contribution in [3.8, 4) is 0 Å². The van der Waals surface area contributed by atoms with Gasteiger partial charge in [-0.2, -0.15) is 0 Å². The fourth-order valence-electron chi connectivity index (χ4n) is 2.75. The number of sulfone groups is 1. The van der Waals surface area contributed by atoms with Crippen molar-refractivity contribution in [1.82, 2.24) is 4.90 Å². The Labute approximate surface area is 97.6 Å². The minimum atomic E-state index is -2.79. The predicted molar refractivity (Wildman–Crippen MR) is 63.1 cm³/mol. The van der Waals surface area contributed by atoms with Crippen LogP contribution >= 0.6 is 0 Å². The summed E-state index contributed by atoms with van der Waals surface area (Å²) in [4.78, 5) is 2.32. The Bertz CT molecular complexity index is 320. The number of hydrogen-bond acceptors (Lipinski definition) is 4. The fourth-order valence-corrected chi connectivity index (χ4v) is 4.03. The normalized spacial score (nSPS) is 36.8. The van der Waals surface area contributed by atoms with E-state index >= 15 is 0 Å². The molecule has 0 atom stereocenters. The van der Waals surface area contributed by atoms with E-state index in [-0.39, 0.29) is 6.10 Å². The van der Waals surface area contributed by atoms with Gasteiger partial charge in [0.25, 0.3) is 0 Å². The molecule has 16 heavy (non-hydrogen) atoms. The van der Waals surface area contributed by atoms with E-state index in [4.69, 9.17) is 0 Å². The van der Waals surface area contributed by atoms with E-state index in [2.05, 4.69) is 4.90 Å². The Morgan fingerprint density at radius 3 is 2.38 bits per heavy atom. The van der Waals surface area contributed by atoms with Crippen LogP contribution < -0.4 is 0 Å². The quantitative estimate of drug-likeness (QED) is 0.729. The molecule has 0 aromatic rings. The third-order valence-electron chi connectivity index (χ3n) is 3.77. The van der Waals surface area contributed by atoms with Crippen LogP contribution in [0, 0.1) is 0 Å². The Balaban J connectivity index is 1.90. The molecule has 1 heterocycles. The van der Waals surface area contributed by atoms with Gasteiger partial charge in [0.15, 0.2) is 9.84 Å². The van der Waals surface area contributed by atoms with Gasteiger partial charge in [-0.3, -0.25) is 4.90 Å². The highest BCUT2D eigenvalue weighted by molar-refractivity contribution is 7.91. The van der Waals surface area contributed by atoms with Crippen molar-refractivity contribution < 1.29 is 13.5 Å². The molecule has 0 spiro atoms. The minimum Gasteiger partial charge on any atom is -0.393 e. The summed E-state index contributed by atoms with van der Waals surface area (Å²) >= 11 is 0. The Kier molecular flexibility index (Phi) is 3.87. The highest BCUT2D eigenvalue weighted by Crippen LogP contribution is 2.24. The molecular weight excluding hydrogens is 226 g/mol. The largest absolute Gasteiger partial charge is 0.393 e. The molecule has 0 amide bonds. The zero-order valence-electron chi connectivity index (χ0n) is 9.64. The van der Waals surface area contributed by atoms with E-state index in [1.54, 1.807) is 0 Å². The molecule has 5 heteroatoms. The van der Waals surface area contributed by atoms with E-state index in [0.717, 1.165) is 38.6 Å². The maximum Gasteiger partial charge on any atom is 0.151 e. The lowest BCUT2D eigenvalue weighted by atomic mass is 9.92. The van der Waals surface area contributed by atoms with Crippen LogP contribution in [0.15, 0.2) is 0 Å². The Morgan fingerprint density at radius 2 is 1.69 bits per heavy atom. The number of rotatable bonds is 1. The molecule has 1 aliphatic heterocycles. The first-order valence-corrected chi connectivity index (χ1v) is 8.01. The van der Waals surface area contributed by atoms with E-state index in [9.17, 15) is 13.5 Å². The van der Waals surface area contributed by atoms with E-state index in [1.807, 2.05) is 0 Å². The van der Waals surface area contributed by atoms with Crippen molar-refractivity contribution in [2.24, 2.45) is 0 Å². The SMILES string of the molecule is O=S1(=O)CCCN(C2CCC(O)CC2)CC1. The van der Waals surface area contributed by atoms with Gasteiger partial charge in [-0.15, -0.1) is 0 Å². The molecule has 1 saturated carbocycles. The van der Waals surface area contributed by atoms with Crippen LogP contribution in [0.4, 0.5) is 0 Å². The van der Waals surface area contributed by atoms with E-state index in [0.29, 0.717) is 24.1 Å². The summed E-state index contributed by atoms with van der Waals surface area (Å²) in [5.41, 5.74) is 0. The standard InChI is InChI=1S/C11H21NO3S/c13-11-4-2-10(3-5-11)12-6-1-8-16(14,15)9-7-12/h10-11,13H,1-9H2. The Hall–Kier alpha value is -0.130. The van der Waals surface area contributed by atoms with Crippen molar-refractivity contribution in [3.05, 3.63) is 0 Å². The summed E-state index contributed by atoms with van der Waals surface area (Å²) in [6.45, 7) is 1.59. The maximum atomic E-state index is 11.5. The van der Waals surface area contributed by atoms with Crippen LogP contribution in [0.1, 0.15) is 32.1 Å². The first-order chi connectivity index (χ1) is 7.57. The van der Waals surface area contributed by atoms with Gasteiger partial charge in [0.05, 0.1) is 17.6 Å². The lowest BCUT2D eigenvalue weighted by Gasteiger charge is -2.34. The third kappa shape index (κ3) is 3.18. The van der Waals surface area contributed by atoms with Crippen molar-refractivity contribution >= 4 is 9.84 Å². The van der Waals surface area contributed by atoms with Gasteiger partial charge in [0.1, 0.15) is 0 Å². The predicted octanol–water partition coefficient (Wildman–Crippen LogP) is 0.410. The highest BCUT2D eigenvalue weighted by atomic mass is 32.2. The van der Waals surface area contributed by atoms with Gasteiger partial charge in [0, 0.05) is 12.6 Å². The molecule has 0 bridgehead atoms. The molecule has 1 aliphatic carbocycles. The molecule has 1 saturated heterocycles. The summed E-state index contributed by atoms with van der Waals surface area (Å²) in [6, 6.07) is 0.497. The number of aliphatic hydroxyl groups excluding tert-OH is 1. The van der Waals surface area contributed by atoms with Gasteiger partial charge in [-0.1, -0.05) is 0 Å². The zero-order chi connectivity index (χ0) is 11.6. The van der Waals surface area contributed by atoms with Crippen molar-refractivity contribution in [2.45, 2.75) is 44.2 Å². The second-order valence-electron chi connectivity index (χ2n) is 5.00. The van der Waals surface area contributed by atoms with E-state index < -0.39 is 9.84 Å². The number of aliphatic hydroxyl groups is 1. The summed E-state index contributed by atoms with van der Waals surface area (Å²) in [7, 11) is -2.79. The molecule has 2 fully saturated rings. The van der Waals surface area contributed by atoms with Crippen molar-refractivity contribution in [3.63, 3.8) is 0 Å². The van der Waals surface area contributed by atoms with E-state index in [1.165, 1.54) is 0 Å². The molecule has 0 aromatic carbocycles. The van der Waals surface area contributed by atoms with Crippen LogP contribution in [0.5, 0.6) is 0 Å². The zero-order valence-corrected chi connectivity index (χ0v) is 10.5. The highest BCUT2D eigenvalue weighted by Gasteiger charge is 2.27. The molecule has 1 N–H and O–H groups in total. The third-order valence-corrected chi connectivity index (χ3v) is 5.49. The summed E-state index contributed by atoms with van der Waals surface area (Å²) in [5.74, 6) is 0.658. The van der Waals surface area contributed by atoms with Crippen LogP contribution in [0.2, 0.25) is 0 Å². The maximum absolute atomic E-state index is 11.5. The number of nitrogens with zero attached hydrogens (tertiary/aromatic N) is 1.